The third kappa shape index (κ3) is 5.06. The molecule has 1 aromatic carbocycles. The van der Waals surface area contributed by atoms with E-state index in [4.69, 9.17) is 0 Å². The molecule has 0 bridgehead atoms. The van der Waals surface area contributed by atoms with Crippen molar-refractivity contribution in [2.45, 2.75) is 44.3 Å². The van der Waals surface area contributed by atoms with E-state index < -0.39 is 24.0 Å². The van der Waals surface area contributed by atoms with E-state index in [0.717, 1.165) is 24.9 Å². The molecule has 7 nitrogen and oxygen atoms in total. The SMILES string of the molecule is CC(NC(=O)C1CCCN1)C(=O)NC(Cc1ccccc1)C(=O)O. The first-order valence-electron chi connectivity index (χ1n) is 8.08. The van der Waals surface area contributed by atoms with Crippen LogP contribution < -0.4 is 16.0 Å². The van der Waals surface area contributed by atoms with E-state index in [9.17, 15) is 19.5 Å². The Labute approximate surface area is 140 Å². The second-order valence-electron chi connectivity index (χ2n) is 5.97. The molecule has 1 aliphatic rings. The van der Waals surface area contributed by atoms with Crippen molar-refractivity contribution < 1.29 is 19.5 Å². The molecule has 7 heteroatoms. The molecule has 1 aromatic rings. The van der Waals surface area contributed by atoms with Gasteiger partial charge in [0.2, 0.25) is 11.8 Å². The van der Waals surface area contributed by atoms with E-state index in [1.807, 2.05) is 18.2 Å². The molecular weight excluding hydrogens is 310 g/mol. The molecule has 0 radical (unpaired) electrons. The summed E-state index contributed by atoms with van der Waals surface area (Å²) in [5.41, 5.74) is 0.817. The van der Waals surface area contributed by atoms with E-state index in [1.165, 1.54) is 0 Å². The summed E-state index contributed by atoms with van der Waals surface area (Å²) in [6.45, 7) is 2.33. The topological polar surface area (TPSA) is 108 Å². The monoisotopic (exact) mass is 333 g/mol. The number of carbonyl (C=O) groups is 3. The highest BCUT2D eigenvalue weighted by molar-refractivity contribution is 5.91. The van der Waals surface area contributed by atoms with E-state index >= 15 is 0 Å². The highest BCUT2D eigenvalue weighted by Gasteiger charge is 2.27. The summed E-state index contributed by atoms with van der Waals surface area (Å²) in [5.74, 6) is -1.85. The van der Waals surface area contributed by atoms with Crippen molar-refractivity contribution in [2.24, 2.45) is 0 Å². The average Bonchev–Trinajstić information content (AvgIpc) is 3.09. The number of carboxylic acids is 1. The number of amides is 2. The molecule has 1 saturated heterocycles. The van der Waals surface area contributed by atoms with Gasteiger partial charge in [-0.15, -0.1) is 0 Å². The number of carbonyl (C=O) groups excluding carboxylic acids is 2. The molecule has 3 unspecified atom stereocenters. The quantitative estimate of drug-likeness (QED) is 0.564. The highest BCUT2D eigenvalue weighted by Crippen LogP contribution is 2.06. The van der Waals surface area contributed by atoms with Gasteiger partial charge in [-0.1, -0.05) is 30.3 Å². The lowest BCUT2D eigenvalue weighted by Gasteiger charge is -2.20. The zero-order valence-corrected chi connectivity index (χ0v) is 13.6. The molecule has 130 valence electrons. The van der Waals surface area contributed by atoms with E-state index in [1.54, 1.807) is 19.1 Å². The molecule has 24 heavy (non-hydrogen) atoms. The van der Waals surface area contributed by atoms with Crippen molar-refractivity contribution in [1.82, 2.24) is 16.0 Å². The van der Waals surface area contributed by atoms with E-state index in [0.29, 0.717) is 0 Å². The zero-order chi connectivity index (χ0) is 17.5. The Balaban J connectivity index is 1.89. The molecule has 0 saturated carbocycles. The van der Waals surface area contributed by atoms with Crippen molar-refractivity contribution in [3.63, 3.8) is 0 Å². The normalized spacial score (nSPS) is 19.3. The summed E-state index contributed by atoms with van der Waals surface area (Å²) < 4.78 is 0. The van der Waals surface area contributed by atoms with Gasteiger partial charge in [-0.3, -0.25) is 9.59 Å². The summed E-state index contributed by atoms with van der Waals surface area (Å²) in [4.78, 5) is 35.6. The molecule has 0 aliphatic carbocycles. The fourth-order valence-electron chi connectivity index (χ4n) is 2.63. The van der Waals surface area contributed by atoms with Gasteiger partial charge in [0.15, 0.2) is 0 Å². The van der Waals surface area contributed by atoms with Crippen LogP contribution in [0.2, 0.25) is 0 Å². The Morgan fingerprint density at radius 3 is 2.54 bits per heavy atom. The van der Waals surface area contributed by atoms with Crippen LogP contribution in [0.15, 0.2) is 30.3 Å². The van der Waals surface area contributed by atoms with Crippen LogP contribution in [0.5, 0.6) is 0 Å². The summed E-state index contributed by atoms with van der Waals surface area (Å²) >= 11 is 0. The Bertz CT molecular complexity index is 585. The number of hydrogen-bond acceptors (Lipinski definition) is 4. The van der Waals surface area contributed by atoms with Gasteiger partial charge in [0.05, 0.1) is 6.04 Å². The molecule has 1 fully saturated rings. The average molecular weight is 333 g/mol. The lowest BCUT2D eigenvalue weighted by molar-refractivity contribution is -0.142. The van der Waals surface area contributed by atoms with Gasteiger partial charge >= 0.3 is 5.97 Å². The van der Waals surface area contributed by atoms with Crippen LogP contribution in [0, 0.1) is 0 Å². The first-order valence-corrected chi connectivity index (χ1v) is 8.08. The highest BCUT2D eigenvalue weighted by atomic mass is 16.4. The molecule has 1 heterocycles. The smallest absolute Gasteiger partial charge is 0.326 e. The summed E-state index contributed by atoms with van der Waals surface area (Å²) in [5, 5.41) is 17.5. The molecule has 1 aliphatic heterocycles. The van der Waals surface area contributed by atoms with Crippen LogP contribution in [-0.2, 0) is 20.8 Å². The van der Waals surface area contributed by atoms with E-state index in [-0.39, 0.29) is 18.4 Å². The Kier molecular flexibility index (Phi) is 6.31. The van der Waals surface area contributed by atoms with Gasteiger partial charge in [-0.05, 0) is 31.9 Å². The number of hydrogen-bond donors (Lipinski definition) is 4. The lowest BCUT2D eigenvalue weighted by Crippen LogP contribution is -2.53. The summed E-state index contributed by atoms with van der Waals surface area (Å²) in [7, 11) is 0. The number of nitrogens with one attached hydrogen (secondary N) is 3. The van der Waals surface area contributed by atoms with Gasteiger partial charge < -0.3 is 21.1 Å². The van der Waals surface area contributed by atoms with Gasteiger partial charge in [-0.2, -0.15) is 0 Å². The van der Waals surface area contributed by atoms with E-state index in [2.05, 4.69) is 16.0 Å². The number of benzene rings is 1. The Hall–Kier alpha value is -2.41. The molecule has 2 rings (SSSR count). The fourth-order valence-corrected chi connectivity index (χ4v) is 2.63. The van der Waals surface area contributed by atoms with Gasteiger partial charge in [0, 0.05) is 6.42 Å². The summed E-state index contributed by atoms with van der Waals surface area (Å²) in [6, 6.07) is 6.97. The first kappa shape index (κ1) is 17.9. The predicted octanol–water partition coefficient (Wildman–Crippen LogP) is 0.0552. The lowest BCUT2D eigenvalue weighted by atomic mass is 10.1. The van der Waals surface area contributed by atoms with Crippen molar-refractivity contribution in [3.8, 4) is 0 Å². The minimum Gasteiger partial charge on any atom is -0.480 e. The molecule has 3 atom stereocenters. The third-order valence-electron chi connectivity index (χ3n) is 4.03. The number of rotatable bonds is 7. The molecular formula is C17H23N3O4. The van der Waals surface area contributed by atoms with Crippen LogP contribution >= 0.6 is 0 Å². The van der Waals surface area contributed by atoms with Crippen LogP contribution in [-0.4, -0.2) is 47.6 Å². The largest absolute Gasteiger partial charge is 0.480 e. The first-order chi connectivity index (χ1) is 11.5. The second-order valence-corrected chi connectivity index (χ2v) is 5.97. The van der Waals surface area contributed by atoms with Crippen molar-refractivity contribution in [1.29, 1.82) is 0 Å². The Morgan fingerprint density at radius 1 is 1.25 bits per heavy atom. The van der Waals surface area contributed by atoms with Crippen molar-refractivity contribution in [2.75, 3.05) is 6.54 Å². The molecule has 4 N–H and O–H groups in total. The molecule has 0 spiro atoms. The zero-order valence-electron chi connectivity index (χ0n) is 13.6. The third-order valence-corrected chi connectivity index (χ3v) is 4.03. The minimum absolute atomic E-state index is 0.187. The maximum atomic E-state index is 12.2. The van der Waals surface area contributed by atoms with Gasteiger partial charge in [-0.25, -0.2) is 4.79 Å². The van der Waals surface area contributed by atoms with Gasteiger partial charge in [0.1, 0.15) is 12.1 Å². The maximum Gasteiger partial charge on any atom is 0.326 e. The van der Waals surface area contributed by atoms with Crippen molar-refractivity contribution in [3.05, 3.63) is 35.9 Å². The number of carboxylic acid groups (broad SMARTS) is 1. The Morgan fingerprint density at radius 2 is 1.96 bits per heavy atom. The summed E-state index contributed by atoms with van der Waals surface area (Å²) in [6.07, 6.45) is 1.86. The van der Waals surface area contributed by atoms with Crippen LogP contribution in [0.4, 0.5) is 0 Å². The van der Waals surface area contributed by atoms with Crippen LogP contribution in [0.25, 0.3) is 0 Å². The molecule has 2 amide bonds. The molecule has 0 aromatic heterocycles. The standard InChI is InChI=1S/C17H23N3O4/c1-11(19-16(22)13-8-5-9-18-13)15(21)20-14(17(23)24)10-12-6-3-2-4-7-12/h2-4,6-7,11,13-14,18H,5,8-10H2,1H3,(H,19,22)(H,20,21)(H,23,24). The van der Waals surface area contributed by atoms with Gasteiger partial charge in [0.25, 0.3) is 0 Å². The number of aliphatic carboxylic acids is 1. The van der Waals surface area contributed by atoms with Crippen molar-refractivity contribution >= 4 is 17.8 Å². The van der Waals surface area contributed by atoms with Crippen LogP contribution in [0.3, 0.4) is 0 Å². The van der Waals surface area contributed by atoms with Crippen LogP contribution in [0.1, 0.15) is 25.3 Å². The fraction of sp³-hybridized carbons (Fsp3) is 0.471. The predicted molar refractivity (Wildman–Crippen MR) is 88.3 cm³/mol. The maximum absolute atomic E-state index is 12.2. The second kappa shape index (κ2) is 8.44. The minimum atomic E-state index is -1.11.